The van der Waals surface area contributed by atoms with Gasteiger partial charge in [-0.25, -0.2) is 8.42 Å². The Balaban J connectivity index is 1.86. The molecule has 1 amide bonds. The minimum atomic E-state index is -3.70. The van der Waals surface area contributed by atoms with Crippen LogP contribution in [0.1, 0.15) is 38.3 Å². The number of carbonyl (C=O) groups is 1. The van der Waals surface area contributed by atoms with Gasteiger partial charge in [0.2, 0.25) is 5.91 Å². The van der Waals surface area contributed by atoms with E-state index in [9.17, 15) is 13.2 Å². The Morgan fingerprint density at radius 1 is 1.29 bits per heavy atom. The van der Waals surface area contributed by atoms with Gasteiger partial charge in [-0.15, -0.1) is 0 Å². The summed E-state index contributed by atoms with van der Waals surface area (Å²) in [6.07, 6.45) is 4.97. The monoisotopic (exact) mass is 348 g/mol. The lowest BCUT2D eigenvalue weighted by molar-refractivity contribution is -0.116. The number of nitrogens with one attached hydrogen (secondary N) is 2. The van der Waals surface area contributed by atoms with Crippen molar-refractivity contribution in [3.8, 4) is 0 Å². The van der Waals surface area contributed by atoms with Crippen molar-refractivity contribution in [2.45, 2.75) is 44.0 Å². The summed E-state index contributed by atoms with van der Waals surface area (Å²) in [5.74, 6) is -0.0384. The van der Waals surface area contributed by atoms with Gasteiger partial charge in [0.05, 0.1) is 16.8 Å². The molecular weight excluding hydrogens is 328 g/mol. The number of aromatic nitrogens is 2. The van der Waals surface area contributed by atoms with Crippen molar-refractivity contribution in [2.75, 3.05) is 10.0 Å². The topological polar surface area (TPSA) is 93.1 Å². The Bertz CT molecular complexity index is 871. The molecule has 0 saturated carbocycles. The maximum atomic E-state index is 12.6. The third-order valence-electron chi connectivity index (χ3n) is 3.89. The highest BCUT2D eigenvalue weighted by molar-refractivity contribution is 7.92. The van der Waals surface area contributed by atoms with E-state index in [1.54, 1.807) is 23.0 Å². The summed E-state index contributed by atoms with van der Waals surface area (Å²) in [6.45, 7) is 3.93. The number of hydrogen-bond donors (Lipinski definition) is 2. The van der Waals surface area contributed by atoms with Crippen molar-refractivity contribution in [2.24, 2.45) is 0 Å². The molecule has 0 radical (unpaired) electrons. The third-order valence-corrected chi connectivity index (χ3v) is 5.27. The number of hydrogen-bond acceptors (Lipinski definition) is 4. The number of benzene rings is 1. The minimum absolute atomic E-state index is 0.0384. The fraction of sp³-hybridized carbons (Fsp3) is 0.375. The van der Waals surface area contributed by atoms with Gasteiger partial charge >= 0.3 is 0 Å². The molecule has 0 bridgehead atoms. The van der Waals surface area contributed by atoms with Crippen molar-refractivity contribution < 1.29 is 13.2 Å². The molecule has 1 aromatic heterocycles. The summed E-state index contributed by atoms with van der Waals surface area (Å²) >= 11 is 0. The number of sulfonamides is 1. The van der Waals surface area contributed by atoms with E-state index in [-0.39, 0.29) is 16.8 Å². The number of carbonyl (C=O) groups excluding carboxylic acids is 1. The lowest BCUT2D eigenvalue weighted by Gasteiger charge is -2.11. The molecule has 0 fully saturated rings. The number of amides is 1. The molecule has 1 aromatic carbocycles. The van der Waals surface area contributed by atoms with Crippen molar-refractivity contribution in [1.29, 1.82) is 0 Å². The van der Waals surface area contributed by atoms with Gasteiger partial charge in [-0.2, -0.15) is 5.10 Å². The molecule has 0 spiro atoms. The standard InChI is InChI=1S/C16H20N4O3S/c1-11(2)20-10-13(9-17-20)19-24(22,23)14-6-7-15-12(8-14)4-3-5-16(21)18-15/h6-11,19H,3-5H2,1-2H3,(H,18,21). The summed E-state index contributed by atoms with van der Waals surface area (Å²) in [4.78, 5) is 11.8. The molecule has 1 aliphatic heterocycles. The molecule has 0 aliphatic carbocycles. The van der Waals surface area contributed by atoms with Crippen LogP contribution in [0.5, 0.6) is 0 Å². The highest BCUT2D eigenvalue weighted by Crippen LogP contribution is 2.26. The van der Waals surface area contributed by atoms with Gasteiger partial charge in [-0.3, -0.25) is 14.2 Å². The van der Waals surface area contributed by atoms with E-state index < -0.39 is 10.0 Å². The molecule has 0 atom stereocenters. The zero-order valence-corrected chi connectivity index (χ0v) is 14.4. The number of fused-ring (bicyclic) bond motifs is 1. The van der Waals surface area contributed by atoms with Crippen LogP contribution >= 0.6 is 0 Å². The largest absolute Gasteiger partial charge is 0.326 e. The smallest absolute Gasteiger partial charge is 0.262 e. The molecule has 2 aromatic rings. The minimum Gasteiger partial charge on any atom is -0.326 e. The normalized spacial score (nSPS) is 14.9. The van der Waals surface area contributed by atoms with E-state index >= 15 is 0 Å². The van der Waals surface area contributed by atoms with Crippen LogP contribution in [0.15, 0.2) is 35.5 Å². The average Bonchev–Trinajstić information content (AvgIpc) is 2.88. The predicted octanol–water partition coefficient (Wildman–Crippen LogP) is 2.54. The zero-order valence-electron chi connectivity index (χ0n) is 13.6. The molecule has 2 N–H and O–H groups in total. The van der Waals surface area contributed by atoms with Gasteiger partial charge < -0.3 is 5.32 Å². The first-order valence-corrected chi connectivity index (χ1v) is 9.33. The van der Waals surface area contributed by atoms with E-state index in [0.29, 0.717) is 30.6 Å². The molecule has 128 valence electrons. The lowest BCUT2D eigenvalue weighted by Crippen LogP contribution is -2.14. The SMILES string of the molecule is CC(C)n1cc(NS(=O)(=O)c2ccc3c(c2)CCCC(=O)N3)cn1. The van der Waals surface area contributed by atoms with E-state index in [1.165, 1.54) is 12.3 Å². The van der Waals surface area contributed by atoms with Crippen LogP contribution in [-0.2, 0) is 21.2 Å². The Kier molecular flexibility index (Phi) is 4.31. The number of nitrogens with zero attached hydrogens (tertiary/aromatic N) is 2. The highest BCUT2D eigenvalue weighted by atomic mass is 32.2. The van der Waals surface area contributed by atoms with Crippen LogP contribution < -0.4 is 10.0 Å². The van der Waals surface area contributed by atoms with Crippen molar-refractivity contribution in [3.05, 3.63) is 36.2 Å². The van der Waals surface area contributed by atoms with Crippen molar-refractivity contribution >= 4 is 27.3 Å². The summed E-state index contributed by atoms with van der Waals surface area (Å²) in [6, 6.07) is 4.92. The van der Waals surface area contributed by atoms with Crippen LogP contribution in [0.4, 0.5) is 11.4 Å². The zero-order chi connectivity index (χ0) is 17.3. The molecule has 8 heteroatoms. The van der Waals surface area contributed by atoms with Crippen LogP contribution in [0.25, 0.3) is 0 Å². The van der Waals surface area contributed by atoms with Gasteiger partial charge in [0.15, 0.2) is 0 Å². The summed E-state index contributed by atoms with van der Waals surface area (Å²) < 4.78 is 29.4. The lowest BCUT2D eigenvalue weighted by atomic mass is 10.1. The van der Waals surface area contributed by atoms with Crippen molar-refractivity contribution in [3.63, 3.8) is 0 Å². The second kappa shape index (κ2) is 6.27. The maximum Gasteiger partial charge on any atom is 0.262 e. The van der Waals surface area contributed by atoms with Crippen LogP contribution in [0.2, 0.25) is 0 Å². The summed E-state index contributed by atoms with van der Waals surface area (Å²) in [7, 11) is -3.70. The molecule has 0 saturated heterocycles. The second-order valence-corrected chi connectivity index (χ2v) is 7.81. The summed E-state index contributed by atoms with van der Waals surface area (Å²) in [5, 5.41) is 6.93. The number of rotatable bonds is 4. The van der Waals surface area contributed by atoms with Gasteiger partial charge in [0, 0.05) is 24.3 Å². The van der Waals surface area contributed by atoms with E-state index in [4.69, 9.17) is 0 Å². The molecule has 0 unspecified atom stereocenters. The molecule has 7 nitrogen and oxygen atoms in total. The molecule has 2 heterocycles. The first kappa shape index (κ1) is 16.5. The third kappa shape index (κ3) is 3.43. The van der Waals surface area contributed by atoms with Gasteiger partial charge in [-0.05, 0) is 50.5 Å². The highest BCUT2D eigenvalue weighted by Gasteiger charge is 2.19. The first-order chi connectivity index (χ1) is 11.3. The molecule has 24 heavy (non-hydrogen) atoms. The van der Waals surface area contributed by atoms with Gasteiger partial charge in [0.25, 0.3) is 10.0 Å². The summed E-state index contributed by atoms with van der Waals surface area (Å²) in [5.41, 5.74) is 1.94. The van der Waals surface area contributed by atoms with Crippen LogP contribution in [0.3, 0.4) is 0 Å². The molecule has 1 aliphatic rings. The maximum absolute atomic E-state index is 12.6. The van der Waals surface area contributed by atoms with Crippen LogP contribution in [0, 0.1) is 0 Å². The van der Waals surface area contributed by atoms with Crippen molar-refractivity contribution in [1.82, 2.24) is 9.78 Å². The van der Waals surface area contributed by atoms with E-state index in [1.807, 2.05) is 13.8 Å². The Hall–Kier alpha value is -2.35. The van der Waals surface area contributed by atoms with Crippen LogP contribution in [-0.4, -0.2) is 24.1 Å². The quantitative estimate of drug-likeness (QED) is 0.888. The van der Waals surface area contributed by atoms with E-state index in [0.717, 1.165) is 5.56 Å². The Morgan fingerprint density at radius 3 is 2.79 bits per heavy atom. The molecule has 3 rings (SSSR count). The second-order valence-electron chi connectivity index (χ2n) is 6.13. The Labute approximate surface area is 141 Å². The van der Waals surface area contributed by atoms with E-state index in [2.05, 4.69) is 15.1 Å². The fourth-order valence-corrected chi connectivity index (χ4v) is 3.68. The average molecular weight is 348 g/mol. The first-order valence-electron chi connectivity index (χ1n) is 7.85. The molecular formula is C16H20N4O3S. The van der Waals surface area contributed by atoms with Gasteiger partial charge in [-0.1, -0.05) is 0 Å². The van der Waals surface area contributed by atoms with Gasteiger partial charge in [0.1, 0.15) is 0 Å². The number of anilines is 2. The number of aryl methyl sites for hydroxylation is 1. The Morgan fingerprint density at radius 2 is 2.08 bits per heavy atom. The predicted molar refractivity (Wildman–Crippen MR) is 91.4 cm³/mol. The fourth-order valence-electron chi connectivity index (χ4n) is 2.61.